The maximum absolute atomic E-state index is 12.2. The van der Waals surface area contributed by atoms with Gasteiger partial charge in [-0.15, -0.1) is 0 Å². The first-order valence-electron chi connectivity index (χ1n) is 7.59. The molecule has 3 aromatic carbocycles. The highest BCUT2D eigenvalue weighted by molar-refractivity contribution is 5.99. The largest absolute Gasteiger partial charge is 0.273 e. The van der Waals surface area contributed by atoms with E-state index in [9.17, 15) is 4.79 Å². The van der Waals surface area contributed by atoms with E-state index in [0.29, 0.717) is 6.42 Å². The van der Waals surface area contributed by atoms with E-state index >= 15 is 0 Å². The molecule has 0 aliphatic rings. The molecule has 23 heavy (non-hydrogen) atoms. The second-order valence-electron chi connectivity index (χ2n) is 5.41. The lowest BCUT2D eigenvalue weighted by atomic mass is 10.0. The number of carbonyl (C=O) groups excluding carboxylic acids is 1. The third-order valence-electron chi connectivity index (χ3n) is 3.77. The molecule has 1 amide bonds. The summed E-state index contributed by atoms with van der Waals surface area (Å²) >= 11 is 0. The van der Waals surface area contributed by atoms with Gasteiger partial charge in [0.25, 0.3) is 0 Å². The zero-order valence-corrected chi connectivity index (χ0v) is 13.0. The van der Waals surface area contributed by atoms with E-state index in [0.717, 1.165) is 27.6 Å². The van der Waals surface area contributed by atoms with Gasteiger partial charge in [0.2, 0.25) is 5.91 Å². The molecule has 3 rings (SSSR count). The van der Waals surface area contributed by atoms with Crippen molar-refractivity contribution in [2.75, 3.05) is 0 Å². The number of benzene rings is 3. The van der Waals surface area contributed by atoms with Gasteiger partial charge in [-0.2, -0.15) is 5.10 Å². The summed E-state index contributed by atoms with van der Waals surface area (Å²) in [6.45, 7) is 1.88. The van der Waals surface area contributed by atoms with Gasteiger partial charge in [0.1, 0.15) is 0 Å². The van der Waals surface area contributed by atoms with Crippen LogP contribution in [0.5, 0.6) is 0 Å². The highest BCUT2D eigenvalue weighted by Gasteiger charge is 2.06. The van der Waals surface area contributed by atoms with Crippen LogP contribution in [0.1, 0.15) is 18.1 Å². The summed E-state index contributed by atoms with van der Waals surface area (Å²) in [5, 5.41) is 6.43. The Morgan fingerprint density at radius 3 is 2.43 bits per heavy atom. The fourth-order valence-electron chi connectivity index (χ4n) is 2.55. The summed E-state index contributed by atoms with van der Waals surface area (Å²) < 4.78 is 0. The molecule has 0 aliphatic heterocycles. The molecule has 1 N–H and O–H groups in total. The lowest BCUT2D eigenvalue weighted by Crippen LogP contribution is -2.21. The molecule has 3 heteroatoms. The van der Waals surface area contributed by atoms with E-state index in [1.165, 1.54) is 0 Å². The summed E-state index contributed by atoms with van der Waals surface area (Å²) in [5.41, 5.74) is 5.44. The predicted octanol–water partition coefficient (Wildman–Crippen LogP) is 3.92. The number of amides is 1. The van der Waals surface area contributed by atoms with Crippen LogP contribution in [0.4, 0.5) is 0 Å². The smallest absolute Gasteiger partial charge is 0.244 e. The van der Waals surface area contributed by atoms with Crippen LogP contribution in [-0.4, -0.2) is 11.6 Å². The van der Waals surface area contributed by atoms with Crippen molar-refractivity contribution < 1.29 is 4.79 Å². The zero-order chi connectivity index (χ0) is 16.1. The van der Waals surface area contributed by atoms with Gasteiger partial charge in [-0.25, -0.2) is 5.43 Å². The van der Waals surface area contributed by atoms with Gasteiger partial charge < -0.3 is 0 Å². The van der Waals surface area contributed by atoms with Crippen molar-refractivity contribution in [3.8, 4) is 0 Å². The normalized spacial score (nSPS) is 11.4. The number of hydrogen-bond donors (Lipinski definition) is 1. The van der Waals surface area contributed by atoms with Crippen LogP contribution in [-0.2, 0) is 11.2 Å². The van der Waals surface area contributed by atoms with Gasteiger partial charge in [0.05, 0.1) is 12.1 Å². The molecule has 0 saturated heterocycles. The van der Waals surface area contributed by atoms with Gasteiger partial charge in [-0.3, -0.25) is 4.79 Å². The fourth-order valence-corrected chi connectivity index (χ4v) is 2.55. The molecule has 3 aromatic rings. The summed E-state index contributed by atoms with van der Waals surface area (Å²) in [4.78, 5) is 12.2. The van der Waals surface area contributed by atoms with E-state index in [2.05, 4.69) is 22.7 Å². The van der Waals surface area contributed by atoms with Crippen LogP contribution in [0.25, 0.3) is 10.8 Å². The molecule has 0 heterocycles. The van der Waals surface area contributed by atoms with Crippen molar-refractivity contribution in [1.29, 1.82) is 0 Å². The summed E-state index contributed by atoms with van der Waals surface area (Å²) in [7, 11) is 0. The van der Waals surface area contributed by atoms with E-state index in [4.69, 9.17) is 0 Å². The first kappa shape index (κ1) is 15.0. The first-order chi connectivity index (χ1) is 11.2. The van der Waals surface area contributed by atoms with Crippen molar-refractivity contribution in [1.82, 2.24) is 5.43 Å². The highest BCUT2D eigenvalue weighted by Crippen LogP contribution is 2.18. The minimum absolute atomic E-state index is 0.114. The molecule has 0 aliphatic carbocycles. The molecule has 0 fully saturated rings. The average Bonchev–Trinajstić information content (AvgIpc) is 2.61. The fraction of sp³-hybridized carbons (Fsp3) is 0.100. The van der Waals surface area contributed by atoms with E-state index in [1.807, 2.05) is 67.6 Å². The van der Waals surface area contributed by atoms with Crippen LogP contribution < -0.4 is 5.43 Å². The third-order valence-corrected chi connectivity index (χ3v) is 3.77. The molecular weight excluding hydrogens is 284 g/mol. The predicted molar refractivity (Wildman–Crippen MR) is 94.4 cm³/mol. The maximum Gasteiger partial charge on any atom is 0.244 e. The molecule has 0 spiro atoms. The molecule has 0 atom stereocenters. The Bertz CT molecular complexity index is 848. The van der Waals surface area contributed by atoms with E-state index in [-0.39, 0.29) is 5.91 Å². The summed E-state index contributed by atoms with van der Waals surface area (Å²) in [6.07, 6.45) is 0.312. The number of fused-ring (bicyclic) bond motifs is 1. The van der Waals surface area contributed by atoms with Crippen molar-refractivity contribution in [3.05, 3.63) is 83.9 Å². The number of hydrazone groups is 1. The van der Waals surface area contributed by atoms with Gasteiger partial charge in [-0.1, -0.05) is 72.8 Å². The SMILES string of the molecule is C/C(=N\NC(=O)Cc1cccc2ccccc12)c1ccccc1. The van der Waals surface area contributed by atoms with Crippen molar-refractivity contribution in [2.24, 2.45) is 5.10 Å². The number of rotatable bonds is 4. The summed E-state index contributed by atoms with van der Waals surface area (Å²) in [5.74, 6) is -0.114. The lowest BCUT2D eigenvalue weighted by molar-refractivity contribution is -0.120. The monoisotopic (exact) mass is 302 g/mol. The van der Waals surface area contributed by atoms with Crippen molar-refractivity contribution in [3.63, 3.8) is 0 Å². The van der Waals surface area contributed by atoms with Crippen molar-refractivity contribution in [2.45, 2.75) is 13.3 Å². The molecule has 0 unspecified atom stereocenters. The molecule has 0 radical (unpaired) electrons. The van der Waals surface area contributed by atoms with Gasteiger partial charge >= 0.3 is 0 Å². The standard InChI is InChI=1S/C20H18N2O/c1-15(16-8-3-2-4-9-16)21-22-20(23)14-18-12-7-11-17-10-5-6-13-19(17)18/h2-13H,14H2,1H3,(H,22,23)/b21-15+. The number of nitrogens with one attached hydrogen (secondary N) is 1. The summed E-state index contributed by atoms with van der Waals surface area (Å²) in [6, 6.07) is 23.9. The maximum atomic E-state index is 12.2. The van der Waals surface area contributed by atoms with Gasteiger partial charge in [0.15, 0.2) is 0 Å². The van der Waals surface area contributed by atoms with Gasteiger partial charge in [0, 0.05) is 0 Å². The highest BCUT2D eigenvalue weighted by atomic mass is 16.2. The van der Waals surface area contributed by atoms with Crippen LogP contribution in [0.2, 0.25) is 0 Å². The van der Waals surface area contributed by atoms with Crippen molar-refractivity contribution >= 4 is 22.4 Å². The molecule has 0 saturated carbocycles. The molecule has 114 valence electrons. The first-order valence-corrected chi connectivity index (χ1v) is 7.59. The van der Waals surface area contributed by atoms with E-state index < -0.39 is 0 Å². The number of nitrogens with zero attached hydrogens (tertiary/aromatic N) is 1. The topological polar surface area (TPSA) is 41.5 Å². The Hall–Kier alpha value is -2.94. The second-order valence-corrected chi connectivity index (χ2v) is 5.41. The number of carbonyl (C=O) groups is 1. The molecule has 0 aromatic heterocycles. The quantitative estimate of drug-likeness (QED) is 0.576. The van der Waals surface area contributed by atoms with Crippen LogP contribution in [0.3, 0.4) is 0 Å². The minimum atomic E-state index is -0.114. The van der Waals surface area contributed by atoms with E-state index in [1.54, 1.807) is 0 Å². The van der Waals surface area contributed by atoms with Crippen LogP contribution >= 0.6 is 0 Å². The second kappa shape index (κ2) is 6.88. The van der Waals surface area contributed by atoms with Gasteiger partial charge in [-0.05, 0) is 28.8 Å². The Morgan fingerprint density at radius 1 is 0.913 bits per heavy atom. The van der Waals surface area contributed by atoms with Crippen LogP contribution in [0.15, 0.2) is 77.9 Å². The third kappa shape index (κ3) is 3.64. The Morgan fingerprint density at radius 2 is 1.61 bits per heavy atom. The molecule has 0 bridgehead atoms. The Labute approximate surface area is 135 Å². The Balaban J connectivity index is 1.72. The minimum Gasteiger partial charge on any atom is -0.273 e. The van der Waals surface area contributed by atoms with Crippen LogP contribution in [0, 0.1) is 0 Å². The zero-order valence-electron chi connectivity index (χ0n) is 13.0. The number of hydrogen-bond acceptors (Lipinski definition) is 2. The molecular formula is C20H18N2O. The lowest BCUT2D eigenvalue weighted by Gasteiger charge is -2.06. The average molecular weight is 302 g/mol. The Kier molecular flexibility index (Phi) is 4.48. The molecule has 3 nitrogen and oxygen atoms in total.